The second kappa shape index (κ2) is 5.57. The molecule has 1 atom stereocenters. The molecule has 4 heteroatoms. The second-order valence-electron chi connectivity index (χ2n) is 2.55. The Morgan fingerprint density at radius 1 is 1.50 bits per heavy atom. The highest BCUT2D eigenvalue weighted by molar-refractivity contribution is 5.78. The summed E-state index contributed by atoms with van der Waals surface area (Å²) in [5.41, 5.74) is 0.786. The lowest BCUT2D eigenvalue weighted by Crippen LogP contribution is -2.15. The Labute approximate surface area is 72.5 Å². The zero-order valence-electron chi connectivity index (χ0n) is 7.96. The SMILES string of the molecule is CCC(=O)OC(C)ON=C(C)C. The van der Waals surface area contributed by atoms with E-state index in [1.54, 1.807) is 27.7 Å². The predicted octanol–water partition coefficient (Wildman–Crippen LogP) is 1.70. The third-order valence-electron chi connectivity index (χ3n) is 0.970. The Morgan fingerprint density at radius 3 is 2.50 bits per heavy atom. The van der Waals surface area contributed by atoms with Crippen LogP contribution in [-0.2, 0) is 14.4 Å². The molecule has 0 heterocycles. The molecule has 0 aliphatic rings. The van der Waals surface area contributed by atoms with E-state index in [0.717, 1.165) is 5.71 Å². The number of oxime groups is 1. The van der Waals surface area contributed by atoms with Crippen molar-refractivity contribution in [1.29, 1.82) is 0 Å². The molecule has 0 fully saturated rings. The molecule has 4 nitrogen and oxygen atoms in total. The van der Waals surface area contributed by atoms with Gasteiger partial charge in [0.05, 0.1) is 5.71 Å². The Morgan fingerprint density at radius 2 is 2.08 bits per heavy atom. The highest BCUT2D eigenvalue weighted by Crippen LogP contribution is 1.97. The maximum Gasteiger partial charge on any atom is 0.308 e. The molecule has 0 aromatic heterocycles. The summed E-state index contributed by atoms with van der Waals surface area (Å²) in [5, 5.41) is 3.65. The molecule has 0 rings (SSSR count). The van der Waals surface area contributed by atoms with Gasteiger partial charge in [0.1, 0.15) is 0 Å². The monoisotopic (exact) mass is 173 g/mol. The van der Waals surface area contributed by atoms with E-state index in [0.29, 0.717) is 6.42 Å². The Bertz CT molecular complexity index is 173. The molecule has 0 bridgehead atoms. The smallest absolute Gasteiger partial charge is 0.308 e. The van der Waals surface area contributed by atoms with Crippen LogP contribution in [0.5, 0.6) is 0 Å². The van der Waals surface area contributed by atoms with Gasteiger partial charge in [0, 0.05) is 13.3 Å². The molecule has 0 aromatic carbocycles. The number of rotatable bonds is 4. The summed E-state index contributed by atoms with van der Waals surface area (Å²) in [7, 11) is 0. The van der Waals surface area contributed by atoms with Crippen LogP contribution in [0, 0.1) is 0 Å². The van der Waals surface area contributed by atoms with E-state index in [9.17, 15) is 4.79 Å². The fraction of sp³-hybridized carbons (Fsp3) is 0.750. The zero-order chi connectivity index (χ0) is 9.56. The number of hydrogen-bond donors (Lipinski definition) is 0. The van der Waals surface area contributed by atoms with E-state index in [1.807, 2.05) is 0 Å². The Balaban J connectivity index is 3.67. The summed E-state index contributed by atoms with van der Waals surface area (Å²) >= 11 is 0. The van der Waals surface area contributed by atoms with E-state index >= 15 is 0 Å². The van der Waals surface area contributed by atoms with E-state index in [4.69, 9.17) is 9.57 Å². The second-order valence-corrected chi connectivity index (χ2v) is 2.55. The molecule has 0 saturated carbocycles. The molecule has 12 heavy (non-hydrogen) atoms. The highest BCUT2D eigenvalue weighted by atomic mass is 16.8. The van der Waals surface area contributed by atoms with Gasteiger partial charge in [-0.25, -0.2) is 0 Å². The standard InChI is InChI=1S/C8H15NO3/c1-5-8(10)11-7(4)12-9-6(2)3/h7H,5H2,1-4H3. The van der Waals surface area contributed by atoms with Crippen molar-refractivity contribution in [2.75, 3.05) is 0 Å². The van der Waals surface area contributed by atoms with Gasteiger partial charge in [0.25, 0.3) is 6.29 Å². The number of carbonyl (C=O) groups excluding carboxylic acids is 1. The van der Waals surface area contributed by atoms with Crippen LogP contribution in [0.25, 0.3) is 0 Å². The van der Waals surface area contributed by atoms with E-state index in [1.165, 1.54) is 0 Å². The van der Waals surface area contributed by atoms with Gasteiger partial charge in [0.15, 0.2) is 0 Å². The maximum absolute atomic E-state index is 10.7. The van der Waals surface area contributed by atoms with Crippen molar-refractivity contribution in [1.82, 2.24) is 0 Å². The zero-order valence-corrected chi connectivity index (χ0v) is 7.96. The first-order valence-electron chi connectivity index (χ1n) is 3.92. The average Bonchev–Trinajstić information content (AvgIpc) is 2.00. The number of carbonyl (C=O) groups is 1. The molecule has 70 valence electrons. The van der Waals surface area contributed by atoms with Gasteiger partial charge >= 0.3 is 5.97 Å². The van der Waals surface area contributed by atoms with Crippen molar-refractivity contribution < 1.29 is 14.4 Å². The van der Waals surface area contributed by atoms with Crippen LogP contribution >= 0.6 is 0 Å². The van der Waals surface area contributed by atoms with E-state index in [2.05, 4.69) is 5.16 Å². The van der Waals surface area contributed by atoms with Crippen molar-refractivity contribution in [3.05, 3.63) is 0 Å². The number of esters is 1. The average molecular weight is 173 g/mol. The summed E-state index contributed by atoms with van der Waals surface area (Å²) in [6, 6.07) is 0. The quantitative estimate of drug-likeness (QED) is 0.281. The predicted molar refractivity (Wildman–Crippen MR) is 45.7 cm³/mol. The van der Waals surface area contributed by atoms with Gasteiger partial charge in [0.2, 0.25) is 0 Å². The maximum atomic E-state index is 10.7. The summed E-state index contributed by atoms with van der Waals surface area (Å²) in [4.78, 5) is 15.5. The third kappa shape index (κ3) is 5.70. The summed E-state index contributed by atoms with van der Waals surface area (Å²) in [6.45, 7) is 6.95. The summed E-state index contributed by atoms with van der Waals surface area (Å²) < 4.78 is 4.78. The number of ether oxygens (including phenoxy) is 1. The molecule has 1 unspecified atom stereocenters. The van der Waals surface area contributed by atoms with Gasteiger partial charge in [-0.1, -0.05) is 12.1 Å². The Kier molecular flexibility index (Phi) is 5.08. The van der Waals surface area contributed by atoms with Crippen LogP contribution in [0.3, 0.4) is 0 Å². The molecule has 0 aromatic rings. The lowest BCUT2D eigenvalue weighted by atomic mass is 10.5. The van der Waals surface area contributed by atoms with Crippen molar-refractivity contribution in [2.24, 2.45) is 5.16 Å². The molecular formula is C8H15NO3. The van der Waals surface area contributed by atoms with E-state index in [-0.39, 0.29) is 5.97 Å². The van der Waals surface area contributed by atoms with Gasteiger partial charge < -0.3 is 9.57 Å². The minimum absolute atomic E-state index is 0.286. The first-order valence-corrected chi connectivity index (χ1v) is 3.92. The largest absolute Gasteiger partial charge is 0.423 e. The lowest BCUT2D eigenvalue weighted by molar-refractivity contribution is -0.174. The molecule has 0 aliphatic heterocycles. The normalized spacial score (nSPS) is 11.7. The molecule has 0 aliphatic carbocycles. The fourth-order valence-electron chi connectivity index (χ4n) is 0.470. The van der Waals surface area contributed by atoms with Gasteiger partial charge in [-0.15, -0.1) is 0 Å². The highest BCUT2D eigenvalue weighted by Gasteiger charge is 2.06. The molecule has 0 radical (unpaired) electrons. The molecule has 0 amide bonds. The van der Waals surface area contributed by atoms with Crippen LogP contribution in [0.15, 0.2) is 5.16 Å². The van der Waals surface area contributed by atoms with Crippen molar-refractivity contribution in [3.63, 3.8) is 0 Å². The van der Waals surface area contributed by atoms with Crippen molar-refractivity contribution >= 4 is 11.7 Å². The van der Waals surface area contributed by atoms with Crippen LogP contribution in [0.1, 0.15) is 34.1 Å². The number of hydrogen-bond acceptors (Lipinski definition) is 4. The summed E-state index contributed by atoms with van der Waals surface area (Å²) in [5.74, 6) is -0.286. The number of nitrogens with zero attached hydrogens (tertiary/aromatic N) is 1. The van der Waals surface area contributed by atoms with Crippen molar-refractivity contribution in [3.8, 4) is 0 Å². The minimum Gasteiger partial charge on any atom is -0.423 e. The molecular weight excluding hydrogens is 158 g/mol. The first kappa shape index (κ1) is 10.9. The first-order chi connectivity index (χ1) is 5.56. The minimum atomic E-state index is -0.604. The topological polar surface area (TPSA) is 47.9 Å². The van der Waals surface area contributed by atoms with E-state index < -0.39 is 6.29 Å². The summed E-state index contributed by atoms with van der Waals surface area (Å²) in [6.07, 6.45) is -0.255. The van der Waals surface area contributed by atoms with Crippen LogP contribution in [-0.4, -0.2) is 18.0 Å². The lowest BCUT2D eigenvalue weighted by Gasteiger charge is -2.09. The van der Waals surface area contributed by atoms with Crippen LogP contribution < -0.4 is 0 Å². The van der Waals surface area contributed by atoms with Crippen LogP contribution in [0.4, 0.5) is 0 Å². The van der Waals surface area contributed by atoms with Gasteiger partial charge in [-0.3, -0.25) is 4.79 Å². The Hall–Kier alpha value is -1.06. The van der Waals surface area contributed by atoms with Crippen LogP contribution in [0.2, 0.25) is 0 Å². The molecule has 0 spiro atoms. The van der Waals surface area contributed by atoms with Gasteiger partial charge in [-0.05, 0) is 13.8 Å². The fourth-order valence-corrected chi connectivity index (χ4v) is 0.470. The van der Waals surface area contributed by atoms with Gasteiger partial charge in [-0.2, -0.15) is 0 Å². The third-order valence-corrected chi connectivity index (χ3v) is 0.970. The van der Waals surface area contributed by atoms with Crippen molar-refractivity contribution in [2.45, 2.75) is 40.4 Å². The molecule has 0 saturated heterocycles. The molecule has 0 N–H and O–H groups in total.